The van der Waals surface area contributed by atoms with Crippen molar-refractivity contribution in [3.8, 4) is 0 Å². The maximum absolute atomic E-state index is 13.1. The van der Waals surface area contributed by atoms with E-state index in [9.17, 15) is 4.39 Å². The summed E-state index contributed by atoms with van der Waals surface area (Å²) in [6.45, 7) is 0.703. The normalized spacial score (nSPS) is 20.2. The molecular weight excluding hydrogens is 379 g/mol. The van der Waals surface area contributed by atoms with E-state index in [1.165, 1.54) is 16.6 Å². The molecule has 1 aromatic rings. The lowest BCUT2D eigenvalue weighted by Crippen LogP contribution is -2.14. The molecule has 0 saturated carbocycles. The van der Waals surface area contributed by atoms with Gasteiger partial charge < -0.3 is 4.90 Å². The highest BCUT2D eigenvalue weighted by molar-refractivity contribution is 9.11. The summed E-state index contributed by atoms with van der Waals surface area (Å²) in [7, 11) is 0. The molecule has 0 saturated heterocycles. The topological polar surface area (TPSA) is 15.6 Å². The second-order valence-corrected chi connectivity index (χ2v) is 7.09. The first kappa shape index (κ1) is 14.9. The summed E-state index contributed by atoms with van der Waals surface area (Å²) in [6, 6.07) is 6.54. The van der Waals surface area contributed by atoms with E-state index in [0.717, 1.165) is 41.0 Å². The van der Waals surface area contributed by atoms with Crippen LogP contribution in [0.2, 0.25) is 0 Å². The van der Waals surface area contributed by atoms with E-state index in [2.05, 4.69) is 38.1 Å². The van der Waals surface area contributed by atoms with Crippen LogP contribution < -0.4 is 0 Å². The third-order valence-corrected chi connectivity index (χ3v) is 5.07. The average Bonchev–Trinajstić information content (AvgIpc) is 2.89. The maximum Gasteiger partial charge on any atom is 0.152 e. The minimum atomic E-state index is -0.229. The van der Waals surface area contributed by atoms with Crippen LogP contribution in [0.15, 0.2) is 68.5 Å². The second-order valence-electron chi connectivity index (χ2n) is 5.71. The smallest absolute Gasteiger partial charge is 0.152 e. The molecule has 0 bridgehead atoms. The number of rotatable bonds is 1. The third kappa shape index (κ3) is 2.81. The Balaban J connectivity index is 1.75. The van der Waals surface area contributed by atoms with Gasteiger partial charge in [-0.1, -0.05) is 39.7 Å². The molecule has 116 valence electrons. The van der Waals surface area contributed by atoms with Gasteiger partial charge in [0.05, 0.1) is 11.4 Å². The lowest BCUT2D eigenvalue weighted by molar-refractivity contribution is 0.557. The molecule has 0 atom stereocenters. The van der Waals surface area contributed by atoms with E-state index in [0.29, 0.717) is 11.7 Å². The summed E-state index contributed by atoms with van der Waals surface area (Å²) in [5.74, 6) is -0.229. The Bertz CT molecular complexity index is 831. The first-order valence-electron chi connectivity index (χ1n) is 7.39. The van der Waals surface area contributed by atoms with E-state index >= 15 is 0 Å². The van der Waals surface area contributed by atoms with Crippen LogP contribution in [0.1, 0.15) is 18.4 Å². The van der Waals surface area contributed by atoms with E-state index in [-0.39, 0.29) is 5.82 Å². The number of nitrogens with zero attached hydrogens (tertiary/aromatic N) is 2. The lowest BCUT2D eigenvalue weighted by atomic mass is 10.0. The van der Waals surface area contributed by atoms with Gasteiger partial charge in [-0.05, 0) is 52.7 Å². The second kappa shape index (κ2) is 5.77. The molecule has 2 heterocycles. The van der Waals surface area contributed by atoms with Gasteiger partial charge in [0, 0.05) is 18.3 Å². The molecule has 0 aromatic heterocycles. The van der Waals surface area contributed by atoms with Gasteiger partial charge in [-0.3, -0.25) is 0 Å². The monoisotopic (exact) mass is 390 g/mol. The van der Waals surface area contributed by atoms with Crippen LogP contribution in [0.4, 0.5) is 4.39 Å². The minimum absolute atomic E-state index is 0.229. The highest BCUT2D eigenvalue weighted by atomic mass is 79.9. The van der Waals surface area contributed by atoms with Gasteiger partial charge in [-0.2, -0.15) is 0 Å². The zero-order valence-corrected chi connectivity index (χ0v) is 14.5. The molecule has 0 radical (unpaired) electrons. The molecule has 4 rings (SSSR count). The van der Waals surface area contributed by atoms with Crippen LogP contribution in [0.5, 0.6) is 0 Å². The van der Waals surface area contributed by atoms with Crippen LogP contribution in [-0.2, 0) is 0 Å². The molecular formula is C18H13BrClFN2. The summed E-state index contributed by atoms with van der Waals surface area (Å²) >= 11 is 10.0. The molecule has 0 unspecified atom stereocenters. The largest absolute Gasteiger partial charge is 0.340 e. The molecule has 3 aliphatic rings. The van der Waals surface area contributed by atoms with Crippen molar-refractivity contribution in [2.75, 3.05) is 6.54 Å². The van der Waals surface area contributed by atoms with Crippen LogP contribution in [-0.4, -0.2) is 17.2 Å². The predicted molar refractivity (Wildman–Crippen MR) is 95.7 cm³/mol. The first-order chi connectivity index (χ1) is 11.1. The van der Waals surface area contributed by atoms with Gasteiger partial charge >= 0.3 is 0 Å². The Hall–Kier alpha value is -1.65. The van der Waals surface area contributed by atoms with Gasteiger partial charge in [0.2, 0.25) is 0 Å². The molecule has 23 heavy (non-hydrogen) atoms. The summed E-state index contributed by atoms with van der Waals surface area (Å²) in [5.41, 5.74) is 5.11. The fraction of sp³-hybridized carbons (Fsp3) is 0.167. The summed E-state index contributed by atoms with van der Waals surface area (Å²) in [6.07, 6.45) is 8.07. The Labute approximate surface area is 147 Å². The quantitative estimate of drug-likeness (QED) is 0.590. The highest BCUT2D eigenvalue weighted by Crippen LogP contribution is 2.36. The lowest BCUT2D eigenvalue weighted by Gasteiger charge is -2.17. The van der Waals surface area contributed by atoms with Crippen LogP contribution in [0.25, 0.3) is 5.57 Å². The van der Waals surface area contributed by atoms with Crippen molar-refractivity contribution in [3.63, 3.8) is 0 Å². The zero-order valence-electron chi connectivity index (χ0n) is 12.2. The van der Waals surface area contributed by atoms with Gasteiger partial charge in [0.15, 0.2) is 5.16 Å². The molecule has 1 aromatic carbocycles. The number of allylic oxidation sites excluding steroid dienone is 4. The van der Waals surface area contributed by atoms with Crippen molar-refractivity contribution < 1.29 is 4.39 Å². The van der Waals surface area contributed by atoms with Crippen molar-refractivity contribution in [1.82, 2.24) is 4.90 Å². The molecule has 2 nitrogen and oxygen atoms in total. The number of halogens is 3. The molecule has 2 aliphatic heterocycles. The van der Waals surface area contributed by atoms with Crippen molar-refractivity contribution >= 4 is 38.8 Å². The van der Waals surface area contributed by atoms with E-state index in [1.807, 2.05) is 6.08 Å². The highest BCUT2D eigenvalue weighted by Gasteiger charge is 2.25. The number of hydrogen-bond acceptors (Lipinski definition) is 2. The predicted octanol–water partition coefficient (Wildman–Crippen LogP) is 5.34. The number of fused-ring (bicyclic) bond motifs is 2. The fourth-order valence-corrected chi connectivity index (χ4v) is 3.69. The minimum Gasteiger partial charge on any atom is -0.340 e. The first-order valence-corrected chi connectivity index (χ1v) is 8.56. The average molecular weight is 392 g/mol. The Morgan fingerprint density at radius 2 is 1.91 bits per heavy atom. The van der Waals surface area contributed by atoms with Gasteiger partial charge in [0.25, 0.3) is 0 Å². The van der Waals surface area contributed by atoms with Gasteiger partial charge in [0.1, 0.15) is 5.82 Å². The molecule has 0 N–H and O–H groups in total. The zero-order chi connectivity index (χ0) is 16.0. The van der Waals surface area contributed by atoms with E-state index in [1.54, 1.807) is 12.1 Å². The summed E-state index contributed by atoms with van der Waals surface area (Å²) in [5, 5.41) is 0.509. The van der Waals surface area contributed by atoms with E-state index in [4.69, 9.17) is 11.6 Å². The van der Waals surface area contributed by atoms with E-state index < -0.39 is 0 Å². The van der Waals surface area contributed by atoms with Crippen LogP contribution in [0, 0.1) is 5.82 Å². The Morgan fingerprint density at radius 1 is 1.13 bits per heavy atom. The van der Waals surface area contributed by atoms with Gasteiger partial charge in [-0.15, -0.1) is 0 Å². The maximum atomic E-state index is 13.1. The van der Waals surface area contributed by atoms with Crippen LogP contribution >= 0.6 is 27.5 Å². The molecule has 0 fully saturated rings. The third-order valence-electron chi connectivity index (χ3n) is 4.16. The van der Waals surface area contributed by atoms with Crippen molar-refractivity contribution in [1.29, 1.82) is 0 Å². The number of benzene rings is 1. The molecule has 1 aliphatic carbocycles. The van der Waals surface area contributed by atoms with Gasteiger partial charge in [-0.25, -0.2) is 9.38 Å². The standard InChI is InChI=1S/C18H13BrClFN2/c19-14-3-6-16-13(7-14)10-23-9-12(8-17(23)18(20)22-16)11-1-4-15(21)5-2-11/h1-2,4-5,7-8,10H,3,6,9H2. The van der Waals surface area contributed by atoms with Crippen LogP contribution in [0.3, 0.4) is 0 Å². The number of aliphatic imine (C=N–C) groups is 1. The SMILES string of the molecule is Fc1ccc(C2=CC3=C(Cl)N=C4CCC(Br)=CC4=CN3C2)cc1. The van der Waals surface area contributed by atoms with Crippen molar-refractivity contribution in [2.24, 2.45) is 4.99 Å². The Kier molecular flexibility index (Phi) is 3.74. The van der Waals surface area contributed by atoms with Crippen molar-refractivity contribution in [3.05, 3.63) is 74.9 Å². The number of hydrogen-bond donors (Lipinski definition) is 0. The van der Waals surface area contributed by atoms with Crippen molar-refractivity contribution in [2.45, 2.75) is 12.8 Å². The Morgan fingerprint density at radius 3 is 2.70 bits per heavy atom. The summed E-state index contributed by atoms with van der Waals surface area (Å²) in [4.78, 5) is 6.71. The molecule has 0 spiro atoms. The molecule has 5 heteroatoms. The molecule has 0 amide bonds. The summed E-state index contributed by atoms with van der Waals surface area (Å²) < 4.78 is 14.3. The fourth-order valence-electron chi connectivity index (χ4n) is 2.98.